The van der Waals surface area contributed by atoms with Gasteiger partial charge in [-0.05, 0) is 5.92 Å². The van der Waals surface area contributed by atoms with Gasteiger partial charge in [0.2, 0.25) is 0 Å². The molecule has 0 spiro atoms. The zero-order valence-electron chi connectivity index (χ0n) is 8.53. The Morgan fingerprint density at radius 1 is 0.818 bits per heavy atom. The van der Waals surface area contributed by atoms with Crippen LogP contribution in [0.5, 0.6) is 0 Å². The molecule has 0 radical (unpaired) electrons. The van der Waals surface area contributed by atoms with E-state index in [1.807, 2.05) is 0 Å². The lowest BCUT2D eigenvalue weighted by molar-refractivity contribution is 0.408. The highest BCUT2D eigenvalue weighted by Gasteiger charge is 2.03. The van der Waals surface area contributed by atoms with Crippen molar-refractivity contribution in [1.82, 2.24) is 0 Å². The number of rotatable bonds is 7. The Morgan fingerprint density at radius 3 is 1.55 bits per heavy atom. The third kappa shape index (κ3) is 6.40. The lowest BCUT2D eigenvalue weighted by atomic mass is 9.94. The molecule has 68 valence electrons. The summed E-state index contributed by atoms with van der Waals surface area (Å²) in [6.07, 6.45) is 9.91. The minimum absolute atomic E-state index is 1.02. The third-order valence-corrected chi connectivity index (χ3v) is 2.51. The van der Waals surface area contributed by atoms with E-state index in [9.17, 15) is 0 Å². The maximum atomic E-state index is 2.33. The Morgan fingerprint density at radius 2 is 1.27 bits per heavy atom. The Bertz CT molecular complexity index is 58.4. The molecule has 0 fully saturated rings. The molecule has 0 nitrogen and oxygen atoms in total. The van der Waals surface area contributed by atoms with Crippen molar-refractivity contribution in [2.45, 2.75) is 65.7 Å². The van der Waals surface area contributed by atoms with Crippen molar-refractivity contribution in [2.24, 2.45) is 5.92 Å². The Kier molecular flexibility index (Phi) is 8.10. The van der Waals surface area contributed by atoms with Gasteiger partial charge >= 0.3 is 0 Å². The lowest BCUT2D eigenvalue weighted by Gasteiger charge is -2.12. The van der Waals surface area contributed by atoms with Crippen LogP contribution in [0.3, 0.4) is 0 Å². The van der Waals surface area contributed by atoms with Gasteiger partial charge in [-0.2, -0.15) is 0 Å². The maximum Gasteiger partial charge on any atom is -0.0417 e. The summed E-state index contributed by atoms with van der Waals surface area (Å²) >= 11 is 0. The average molecular weight is 156 g/mol. The predicted molar refractivity (Wildman–Crippen MR) is 52.8 cm³/mol. The van der Waals surface area contributed by atoms with Crippen LogP contribution < -0.4 is 0 Å². The number of hydrogen-bond acceptors (Lipinski definition) is 0. The van der Waals surface area contributed by atoms with Gasteiger partial charge in [-0.15, -0.1) is 0 Å². The van der Waals surface area contributed by atoms with Crippen LogP contribution in [0.4, 0.5) is 0 Å². The molecule has 0 aromatic carbocycles. The van der Waals surface area contributed by atoms with Crippen molar-refractivity contribution in [3.05, 3.63) is 0 Å². The summed E-state index contributed by atoms with van der Waals surface area (Å²) in [5.74, 6) is 1.02. The van der Waals surface area contributed by atoms with Crippen LogP contribution in [0.15, 0.2) is 0 Å². The fraction of sp³-hybridized carbons (Fsp3) is 1.00. The molecule has 0 saturated heterocycles. The van der Waals surface area contributed by atoms with Crippen LogP contribution in [0.25, 0.3) is 0 Å². The monoisotopic (exact) mass is 156 g/mol. The molecule has 0 aliphatic carbocycles. The van der Waals surface area contributed by atoms with Gasteiger partial charge in [0.15, 0.2) is 0 Å². The van der Waals surface area contributed by atoms with Crippen molar-refractivity contribution in [1.29, 1.82) is 0 Å². The standard InChI is InChI=1S/C11H24/c1-4-7-9-11(6-3)10-8-5-2/h11H,4-10H2,1-3H3. The van der Waals surface area contributed by atoms with Gasteiger partial charge in [0.05, 0.1) is 0 Å². The number of hydrogen-bond donors (Lipinski definition) is 0. The average Bonchev–Trinajstić information content (AvgIpc) is 2.05. The second-order valence-corrected chi connectivity index (χ2v) is 3.56. The largest absolute Gasteiger partial charge is 0.0654 e. The first-order valence-corrected chi connectivity index (χ1v) is 5.35. The molecular formula is C11H24. The van der Waals surface area contributed by atoms with Crippen LogP contribution in [0.2, 0.25) is 0 Å². The molecule has 0 aliphatic rings. The van der Waals surface area contributed by atoms with Crippen molar-refractivity contribution in [3.8, 4) is 0 Å². The molecule has 0 saturated carbocycles. The van der Waals surface area contributed by atoms with Gasteiger partial charge in [-0.3, -0.25) is 0 Å². The molecule has 0 atom stereocenters. The lowest BCUT2D eigenvalue weighted by Crippen LogP contribution is -1.98. The first-order chi connectivity index (χ1) is 5.35. The molecule has 0 unspecified atom stereocenters. The van der Waals surface area contributed by atoms with Crippen molar-refractivity contribution >= 4 is 0 Å². The van der Waals surface area contributed by atoms with Gasteiger partial charge in [-0.25, -0.2) is 0 Å². The van der Waals surface area contributed by atoms with Crippen molar-refractivity contribution < 1.29 is 0 Å². The van der Waals surface area contributed by atoms with E-state index >= 15 is 0 Å². The zero-order valence-corrected chi connectivity index (χ0v) is 8.53. The third-order valence-electron chi connectivity index (χ3n) is 2.51. The highest BCUT2D eigenvalue weighted by atomic mass is 14.1. The van der Waals surface area contributed by atoms with E-state index in [0.717, 1.165) is 5.92 Å². The van der Waals surface area contributed by atoms with E-state index in [0.29, 0.717) is 0 Å². The normalized spacial score (nSPS) is 10.9. The first kappa shape index (κ1) is 11.0. The van der Waals surface area contributed by atoms with Crippen LogP contribution in [-0.4, -0.2) is 0 Å². The topological polar surface area (TPSA) is 0 Å². The molecule has 0 aromatic heterocycles. The van der Waals surface area contributed by atoms with E-state index in [2.05, 4.69) is 20.8 Å². The summed E-state index contributed by atoms with van der Waals surface area (Å²) in [6, 6.07) is 0. The summed E-state index contributed by atoms with van der Waals surface area (Å²) in [5.41, 5.74) is 0. The fourth-order valence-electron chi connectivity index (χ4n) is 1.54. The molecule has 0 N–H and O–H groups in total. The van der Waals surface area contributed by atoms with Gasteiger partial charge < -0.3 is 0 Å². The van der Waals surface area contributed by atoms with Crippen LogP contribution in [-0.2, 0) is 0 Å². The summed E-state index contributed by atoms with van der Waals surface area (Å²) in [5, 5.41) is 0. The summed E-state index contributed by atoms with van der Waals surface area (Å²) in [6.45, 7) is 6.90. The van der Waals surface area contributed by atoms with Gasteiger partial charge in [0, 0.05) is 0 Å². The van der Waals surface area contributed by atoms with E-state index in [1.165, 1.54) is 44.9 Å². The molecule has 0 bridgehead atoms. The van der Waals surface area contributed by atoms with E-state index in [4.69, 9.17) is 0 Å². The minimum atomic E-state index is 1.02. The highest BCUT2D eigenvalue weighted by Crippen LogP contribution is 2.18. The summed E-state index contributed by atoms with van der Waals surface area (Å²) in [7, 11) is 0. The van der Waals surface area contributed by atoms with Gasteiger partial charge in [0.25, 0.3) is 0 Å². The van der Waals surface area contributed by atoms with Crippen LogP contribution >= 0.6 is 0 Å². The SMILES string of the molecule is CCCCC(CC)CCCC. The second-order valence-electron chi connectivity index (χ2n) is 3.56. The van der Waals surface area contributed by atoms with Crippen molar-refractivity contribution in [2.75, 3.05) is 0 Å². The van der Waals surface area contributed by atoms with E-state index in [1.54, 1.807) is 0 Å². The molecular weight excluding hydrogens is 132 g/mol. The van der Waals surface area contributed by atoms with Gasteiger partial charge in [0.1, 0.15) is 0 Å². The summed E-state index contributed by atoms with van der Waals surface area (Å²) in [4.78, 5) is 0. The zero-order chi connectivity index (χ0) is 8.53. The molecule has 0 amide bonds. The Labute approximate surface area is 72.4 Å². The second kappa shape index (κ2) is 8.10. The van der Waals surface area contributed by atoms with Crippen LogP contribution in [0.1, 0.15) is 65.7 Å². The molecule has 0 aromatic rings. The fourth-order valence-corrected chi connectivity index (χ4v) is 1.54. The molecule has 0 rings (SSSR count). The van der Waals surface area contributed by atoms with Crippen LogP contribution in [0, 0.1) is 5.92 Å². The predicted octanol–water partition coefficient (Wildman–Crippen LogP) is 4.39. The quantitative estimate of drug-likeness (QED) is 0.512. The number of unbranched alkanes of at least 4 members (excludes halogenated alkanes) is 2. The Balaban J connectivity index is 3.25. The van der Waals surface area contributed by atoms with Crippen molar-refractivity contribution in [3.63, 3.8) is 0 Å². The molecule has 0 heterocycles. The smallest absolute Gasteiger partial charge is 0.0417 e. The highest BCUT2D eigenvalue weighted by molar-refractivity contribution is 4.56. The first-order valence-electron chi connectivity index (χ1n) is 5.35. The maximum absolute atomic E-state index is 2.33. The molecule has 11 heavy (non-hydrogen) atoms. The molecule has 0 heteroatoms. The van der Waals surface area contributed by atoms with E-state index < -0.39 is 0 Å². The minimum Gasteiger partial charge on any atom is -0.0654 e. The molecule has 0 aliphatic heterocycles. The van der Waals surface area contributed by atoms with Gasteiger partial charge in [-0.1, -0.05) is 65.7 Å². The summed E-state index contributed by atoms with van der Waals surface area (Å²) < 4.78 is 0. The Hall–Kier alpha value is 0. The van der Waals surface area contributed by atoms with E-state index in [-0.39, 0.29) is 0 Å².